The van der Waals surface area contributed by atoms with Crippen molar-refractivity contribution in [3.8, 4) is 17.1 Å². The number of methoxy groups -OCH3 is 1. The van der Waals surface area contributed by atoms with Crippen molar-refractivity contribution in [1.29, 1.82) is 0 Å². The summed E-state index contributed by atoms with van der Waals surface area (Å²) in [7, 11) is -2.00. The molecule has 0 amide bonds. The van der Waals surface area contributed by atoms with Crippen molar-refractivity contribution < 1.29 is 13.2 Å². The maximum absolute atomic E-state index is 13.1. The zero-order valence-corrected chi connectivity index (χ0v) is 17.3. The fourth-order valence-corrected chi connectivity index (χ4v) is 5.32. The van der Waals surface area contributed by atoms with Gasteiger partial charge in [0.2, 0.25) is 10.0 Å². The van der Waals surface area contributed by atoms with Crippen molar-refractivity contribution in [2.24, 2.45) is 5.92 Å². The van der Waals surface area contributed by atoms with Crippen LogP contribution in [0.25, 0.3) is 11.4 Å². The second-order valence-corrected chi connectivity index (χ2v) is 9.20. The summed E-state index contributed by atoms with van der Waals surface area (Å²) in [6, 6.07) is 10.5. The van der Waals surface area contributed by atoms with Crippen molar-refractivity contribution in [2.75, 3.05) is 20.2 Å². The number of imidazole rings is 1. The van der Waals surface area contributed by atoms with E-state index in [0.717, 1.165) is 30.0 Å². The zero-order chi connectivity index (χ0) is 20.4. The van der Waals surface area contributed by atoms with Crippen LogP contribution in [-0.2, 0) is 16.6 Å². The Labute approximate surface area is 171 Å². The first-order chi connectivity index (χ1) is 14.0. The molecule has 3 aromatic rings. The lowest BCUT2D eigenvalue weighted by Crippen LogP contribution is -2.29. The molecule has 0 aliphatic carbocycles. The SMILES string of the molecule is COc1cccc(S(=O)(=O)N2CCC(Cn3c(C)cnc3-c3ccncc3)C2)c1. The third-order valence-electron chi connectivity index (χ3n) is 5.36. The molecule has 152 valence electrons. The van der Waals surface area contributed by atoms with E-state index in [2.05, 4.69) is 14.5 Å². The van der Waals surface area contributed by atoms with Gasteiger partial charge in [-0.3, -0.25) is 4.98 Å². The highest BCUT2D eigenvalue weighted by Crippen LogP contribution is 2.29. The number of benzene rings is 1. The molecule has 1 aromatic carbocycles. The molecule has 7 nitrogen and oxygen atoms in total. The molecule has 8 heteroatoms. The average molecular weight is 413 g/mol. The number of sulfonamides is 1. The molecule has 1 aliphatic rings. The van der Waals surface area contributed by atoms with Gasteiger partial charge in [0.1, 0.15) is 11.6 Å². The van der Waals surface area contributed by atoms with E-state index in [1.165, 1.54) is 7.11 Å². The molecule has 1 fully saturated rings. The molecule has 1 unspecified atom stereocenters. The Bertz CT molecular complexity index is 1100. The van der Waals surface area contributed by atoms with Crippen LogP contribution in [0.1, 0.15) is 12.1 Å². The minimum Gasteiger partial charge on any atom is -0.497 e. The Kier molecular flexibility index (Phi) is 5.38. The first-order valence-electron chi connectivity index (χ1n) is 9.56. The minimum atomic E-state index is -3.54. The third-order valence-corrected chi connectivity index (χ3v) is 7.22. The second-order valence-electron chi connectivity index (χ2n) is 7.27. The number of hydrogen-bond donors (Lipinski definition) is 0. The molecule has 4 rings (SSSR count). The van der Waals surface area contributed by atoms with Gasteiger partial charge in [-0.1, -0.05) is 6.07 Å². The number of pyridine rings is 1. The molecule has 29 heavy (non-hydrogen) atoms. The monoisotopic (exact) mass is 412 g/mol. The highest BCUT2D eigenvalue weighted by Gasteiger charge is 2.33. The first kappa shape index (κ1) is 19.6. The smallest absolute Gasteiger partial charge is 0.243 e. The van der Waals surface area contributed by atoms with E-state index in [1.54, 1.807) is 41.0 Å². The highest BCUT2D eigenvalue weighted by atomic mass is 32.2. The molecule has 3 heterocycles. The molecular formula is C21H24N4O3S. The third kappa shape index (κ3) is 3.90. The fraction of sp³-hybridized carbons (Fsp3) is 0.333. The van der Waals surface area contributed by atoms with Gasteiger partial charge in [-0.2, -0.15) is 4.31 Å². The summed E-state index contributed by atoms with van der Waals surface area (Å²) in [5.41, 5.74) is 2.07. The van der Waals surface area contributed by atoms with Gasteiger partial charge in [0.25, 0.3) is 0 Å². The summed E-state index contributed by atoms with van der Waals surface area (Å²) in [6.45, 7) is 3.76. The average Bonchev–Trinajstić information content (AvgIpc) is 3.37. The van der Waals surface area contributed by atoms with Crippen molar-refractivity contribution in [1.82, 2.24) is 18.8 Å². The lowest BCUT2D eigenvalue weighted by Gasteiger charge is -2.18. The fourth-order valence-electron chi connectivity index (χ4n) is 3.76. The van der Waals surface area contributed by atoms with E-state index in [9.17, 15) is 8.42 Å². The molecule has 1 aliphatic heterocycles. The van der Waals surface area contributed by atoms with Gasteiger partial charge in [0.15, 0.2) is 0 Å². The van der Waals surface area contributed by atoms with Gasteiger partial charge in [-0.15, -0.1) is 0 Å². The van der Waals surface area contributed by atoms with E-state index in [-0.39, 0.29) is 10.8 Å². The summed E-state index contributed by atoms with van der Waals surface area (Å²) in [6.07, 6.45) is 6.18. The predicted molar refractivity (Wildman–Crippen MR) is 110 cm³/mol. The quantitative estimate of drug-likeness (QED) is 0.622. The van der Waals surface area contributed by atoms with E-state index in [0.29, 0.717) is 18.8 Å². The van der Waals surface area contributed by atoms with Gasteiger partial charge >= 0.3 is 0 Å². The minimum absolute atomic E-state index is 0.226. The van der Waals surface area contributed by atoms with Crippen LogP contribution in [0.2, 0.25) is 0 Å². The topological polar surface area (TPSA) is 77.3 Å². The lowest BCUT2D eigenvalue weighted by molar-refractivity contribution is 0.411. The first-order valence-corrected chi connectivity index (χ1v) is 11.0. The normalized spacial score (nSPS) is 17.5. The summed E-state index contributed by atoms with van der Waals surface area (Å²) in [4.78, 5) is 8.89. The Balaban J connectivity index is 1.52. The summed E-state index contributed by atoms with van der Waals surface area (Å²) >= 11 is 0. The number of aromatic nitrogens is 3. The molecule has 0 saturated carbocycles. The van der Waals surface area contributed by atoms with E-state index >= 15 is 0 Å². The van der Waals surface area contributed by atoms with Crippen LogP contribution in [0.4, 0.5) is 0 Å². The van der Waals surface area contributed by atoms with Crippen LogP contribution < -0.4 is 4.74 Å². The molecule has 1 saturated heterocycles. The van der Waals surface area contributed by atoms with Gasteiger partial charge < -0.3 is 9.30 Å². The van der Waals surface area contributed by atoms with E-state index < -0.39 is 10.0 Å². The Morgan fingerprint density at radius 2 is 2.00 bits per heavy atom. The lowest BCUT2D eigenvalue weighted by atomic mass is 10.1. The molecule has 0 radical (unpaired) electrons. The van der Waals surface area contributed by atoms with Gasteiger partial charge in [-0.05, 0) is 43.5 Å². The Morgan fingerprint density at radius 1 is 1.21 bits per heavy atom. The van der Waals surface area contributed by atoms with Crippen molar-refractivity contribution >= 4 is 10.0 Å². The van der Waals surface area contributed by atoms with Gasteiger partial charge in [0.05, 0.1) is 12.0 Å². The second kappa shape index (κ2) is 7.96. The van der Waals surface area contributed by atoms with Crippen LogP contribution in [0, 0.1) is 12.8 Å². The summed E-state index contributed by atoms with van der Waals surface area (Å²) in [5, 5.41) is 0. The van der Waals surface area contributed by atoms with Gasteiger partial charge in [0, 0.05) is 55.5 Å². The van der Waals surface area contributed by atoms with Gasteiger partial charge in [-0.25, -0.2) is 13.4 Å². The molecular weight excluding hydrogens is 388 g/mol. The van der Waals surface area contributed by atoms with Crippen LogP contribution in [0.3, 0.4) is 0 Å². The number of ether oxygens (including phenoxy) is 1. The number of aryl methyl sites for hydroxylation is 1. The number of rotatable bonds is 6. The molecule has 0 spiro atoms. The number of hydrogen-bond acceptors (Lipinski definition) is 5. The summed E-state index contributed by atoms with van der Waals surface area (Å²) < 4.78 is 35.0. The largest absolute Gasteiger partial charge is 0.497 e. The zero-order valence-electron chi connectivity index (χ0n) is 16.5. The van der Waals surface area contributed by atoms with Crippen LogP contribution in [0.5, 0.6) is 5.75 Å². The van der Waals surface area contributed by atoms with Crippen molar-refractivity contribution in [3.63, 3.8) is 0 Å². The predicted octanol–water partition coefficient (Wildman–Crippen LogP) is 2.97. The number of nitrogens with zero attached hydrogens (tertiary/aromatic N) is 4. The van der Waals surface area contributed by atoms with E-state index in [1.807, 2.05) is 25.3 Å². The maximum Gasteiger partial charge on any atom is 0.243 e. The standard InChI is InChI=1S/C21H24N4O3S/c1-16-13-23-21(18-6-9-22-10-7-18)25(16)15-17-8-11-24(14-17)29(26,27)20-5-3-4-19(12-20)28-2/h3-7,9-10,12-13,17H,8,11,14-15H2,1-2H3. The van der Waals surface area contributed by atoms with E-state index in [4.69, 9.17) is 4.74 Å². The maximum atomic E-state index is 13.1. The van der Waals surface area contributed by atoms with Crippen LogP contribution in [-0.4, -0.2) is 47.5 Å². The molecule has 2 aromatic heterocycles. The summed E-state index contributed by atoms with van der Waals surface area (Å²) in [5.74, 6) is 1.65. The Morgan fingerprint density at radius 3 is 2.76 bits per heavy atom. The van der Waals surface area contributed by atoms with Crippen molar-refractivity contribution in [3.05, 3.63) is 60.7 Å². The molecule has 0 bridgehead atoms. The van der Waals surface area contributed by atoms with Crippen LogP contribution >= 0.6 is 0 Å². The Hall–Kier alpha value is -2.71. The molecule has 1 atom stereocenters. The molecule has 0 N–H and O–H groups in total. The highest BCUT2D eigenvalue weighted by molar-refractivity contribution is 7.89. The van der Waals surface area contributed by atoms with Crippen LogP contribution in [0.15, 0.2) is 59.9 Å². The van der Waals surface area contributed by atoms with Crippen molar-refractivity contribution in [2.45, 2.75) is 24.8 Å².